The summed E-state index contributed by atoms with van der Waals surface area (Å²) >= 11 is 6.10. The summed E-state index contributed by atoms with van der Waals surface area (Å²) in [5.74, 6) is -0.0901. The zero-order valence-corrected chi connectivity index (χ0v) is 18.3. The van der Waals surface area contributed by atoms with Crippen LogP contribution in [0.2, 0.25) is 5.02 Å². The summed E-state index contributed by atoms with van der Waals surface area (Å²) in [7, 11) is -3.79. The normalized spacial score (nSPS) is 15.6. The maximum atomic E-state index is 13.0. The van der Waals surface area contributed by atoms with Crippen molar-refractivity contribution >= 4 is 38.9 Å². The molecule has 1 aliphatic heterocycles. The van der Waals surface area contributed by atoms with Crippen molar-refractivity contribution in [2.45, 2.75) is 44.9 Å². The Morgan fingerprint density at radius 1 is 1.21 bits per heavy atom. The number of hydrogen-bond donors (Lipinski definition) is 1. The molecule has 0 atom stereocenters. The topological polar surface area (TPSA) is 66.5 Å². The van der Waals surface area contributed by atoms with Gasteiger partial charge in [-0.1, -0.05) is 45.4 Å². The van der Waals surface area contributed by atoms with Gasteiger partial charge in [-0.25, -0.2) is 8.42 Å². The Morgan fingerprint density at radius 2 is 1.89 bits per heavy atom. The summed E-state index contributed by atoms with van der Waals surface area (Å²) in [6.45, 7) is 10.1. The standard InChI is InChI=1S/C21H25ClN2O3S/c1-13(2)20(25)24-12-21(4,5)16-11-15(9-10-19(16)24)28(26,27)23-18-8-6-7-17(22)14(18)3/h6-11,13,23H,12H2,1-5H3. The second-order valence-corrected chi connectivity index (χ2v) is 10.2. The number of amides is 1. The van der Waals surface area contributed by atoms with Crippen LogP contribution >= 0.6 is 11.6 Å². The van der Waals surface area contributed by atoms with Crippen molar-refractivity contribution in [3.05, 3.63) is 52.5 Å². The molecule has 2 aromatic carbocycles. The minimum atomic E-state index is -3.79. The second-order valence-electron chi connectivity index (χ2n) is 8.16. The monoisotopic (exact) mass is 420 g/mol. The maximum Gasteiger partial charge on any atom is 0.261 e. The first-order valence-electron chi connectivity index (χ1n) is 9.18. The number of anilines is 2. The molecule has 3 rings (SSSR count). The minimum absolute atomic E-state index is 0.0371. The molecule has 150 valence electrons. The molecule has 0 spiro atoms. The number of rotatable bonds is 4. The fourth-order valence-corrected chi connectivity index (χ4v) is 4.78. The van der Waals surface area contributed by atoms with Crippen molar-refractivity contribution in [2.75, 3.05) is 16.2 Å². The molecule has 5 nitrogen and oxygen atoms in total. The van der Waals surface area contributed by atoms with Crippen molar-refractivity contribution < 1.29 is 13.2 Å². The molecule has 7 heteroatoms. The van der Waals surface area contributed by atoms with Crippen LogP contribution < -0.4 is 9.62 Å². The van der Waals surface area contributed by atoms with Gasteiger partial charge in [0.25, 0.3) is 10.0 Å². The highest BCUT2D eigenvalue weighted by Gasteiger charge is 2.39. The Kier molecular flexibility index (Phi) is 5.23. The van der Waals surface area contributed by atoms with E-state index < -0.39 is 10.0 Å². The number of sulfonamides is 1. The van der Waals surface area contributed by atoms with Gasteiger partial charge in [-0.2, -0.15) is 0 Å². The Balaban J connectivity index is 2.01. The predicted octanol–water partition coefficient (Wildman–Crippen LogP) is 4.73. The number of fused-ring (bicyclic) bond motifs is 1. The van der Waals surface area contributed by atoms with Gasteiger partial charge in [0, 0.05) is 28.6 Å². The van der Waals surface area contributed by atoms with Gasteiger partial charge < -0.3 is 4.90 Å². The number of carbonyl (C=O) groups is 1. The molecule has 1 heterocycles. The predicted molar refractivity (Wildman–Crippen MR) is 114 cm³/mol. The van der Waals surface area contributed by atoms with Crippen LogP contribution in [0.1, 0.15) is 38.8 Å². The molecule has 0 unspecified atom stereocenters. The number of benzene rings is 2. The smallest absolute Gasteiger partial charge is 0.261 e. The maximum absolute atomic E-state index is 13.0. The van der Waals surface area contributed by atoms with Crippen molar-refractivity contribution in [1.82, 2.24) is 0 Å². The summed E-state index contributed by atoms with van der Waals surface area (Å²) in [5.41, 5.74) is 2.41. The number of nitrogens with zero attached hydrogens (tertiary/aromatic N) is 1. The van der Waals surface area contributed by atoms with Crippen LogP contribution in [0.5, 0.6) is 0 Å². The van der Waals surface area contributed by atoms with Crippen LogP contribution in [0, 0.1) is 12.8 Å². The van der Waals surface area contributed by atoms with E-state index in [1.54, 1.807) is 48.2 Å². The van der Waals surface area contributed by atoms with E-state index in [0.717, 1.165) is 11.3 Å². The number of halogens is 1. The highest BCUT2D eigenvalue weighted by atomic mass is 35.5. The zero-order valence-electron chi connectivity index (χ0n) is 16.7. The van der Waals surface area contributed by atoms with E-state index in [4.69, 9.17) is 11.6 Å². The van der Waals surface area contributed by atoms with Crippen LogP contribution in [0.25, 0.3) is 0 Å². The van der Waals surface area contributed by atoms with E-state index in [1.807, 2.05) is 27.7 Å². The van der Waals surface area contributed by atoms with Gasteiger partial charge in [-0.3, -0.25) is 9.52 Å². The fourth-order valence-electron chi connectivity index (χ4n) is 3.46. The first-order valence-corrected chi connectivity index (χ1v) is 11.0. The fraction of sp³-hybridized carbons (Fsp3) is 0.381. The van der Waals surface area contributed by atoms with Crippen LogP contribution in [-0.2, 0) is 20.2 Å². The Hall–Kier alpha value is -2.05. The number of hydrogen-bond acceptors (Lipinski definition) is 3. The molecule has 0 radical (unpaired) electrons. The average Bonchev–Trinajstić information content (AvgIpc) is 2.89. The average molecular weight is 421 g/mol. The molecule has 0 bridgehead atoms. The van der Waals surface area contributed by atoms with Crippen molar-refractivity contribution in [3.63, 3.8) is 0 Å². The summed E-state index contributed by atoms with van der Waals surface area (Å²) in [4.78, 5) is 14.5. The van der Waals surface area contributed by atoms with E-state index in [0.29, 0.717) is 22.8 Å². The summed E-state index contributed by atoms with van der Waals surface area (Å²) in [6.07, 6.45) is 0. The van der Waals surface area contributed by atoms with Gasteiger partial charge in [0.1, 0.15) is 0 Å². The SMILES string of the molecule is Cc1c(Cl)cccc1NS(=O)(=O)c1ccc2c(c1)C(C)(C)CN2C(=O)C(C)C. The van der Waals surface area contributed by atoms with Crippen LogP contribution in [-0.4, -0.2) is 20.9 Å². The first kappa shape index (κ1) is 20.7. The highest BCUT2D eigenvalue weighted by molar-refractivity contribution is 7.92. The lowest BCUT2D eigenvalue weighted by Gasteiger charge is -2.22. The summed E-state index contributed by atoms with van der Waals surface area (Å²) in [6, 6.07) is 10.0. The summed E-state index contributed by atoms with van der Waals surface area (Å²) < 4.78 is 28.6. The molecular formula is C21H25ClN2O3S. The third kappa shape index (κ3) is 3.63. The lowest BCUT2D eigenvalue weighted by molar-refractivity contribution is -0.121. The van der Waals surface area contributed by atoms with E-state index in [2.05, 4.69) is 4.72 Å². The Morgan fingerprint density at radius 3 is 2.54 bits per heavy atom. The van der Waals surface area contributed by atoms with Gasteiger partial charge in [0.05, 0.1) is 10.6 Å². The largest absolute Gasteiger partial charge is 0.311 e. The third-order valence-corrected chi connectivity index (χ3v) is 6.90. The lowest BCUT2D eigenvalue weighted by Crippen LogP contribution is -2.36. The second kappa shape index (κ2) is 7.08. The molecule has 0 aliphatic carbocycles. The molecule has 1 N–H and O–H groups in total. The van der Waals surface area contributed by atoms with Gasteiger partial charge in [0.15, 0.2) is 0 Å². The molecule has 1 amide bonds. The van der Waals surface area contributed by atoms with E-state index in [-0.39, 0.29) is 22.1 Å². The molecule has 1 aliphatic rings. The lowest BCUT2D eigenvalue weighted by atomic mass is 9.87. The Bertz CT molecular complexity index is 1050. The molecule has 28 heavy (non-hydrogen) atoms. The first-order chi connectivity index (χ1) is 12.9. The van der Waals surface area contributed by atoms with Gasteiger partial charge in [-0.15, -0.1) is 0 Å². The van der Waals surface area contributed by atoms with E-state index in [9.17, 15) is 13.2 Å². The molecule has 0 aromatic heterocycles. The quantitative estimate of drug-likeness (QED) is 0.777. The third-order valence-electron chi connectivity index (χ3n) is 5.12. The van der Waals surface area contributed by atoms with Crippen LogP contribution in [0.4, 0.5) is 11.4 Å². The van der Waals surface area contributed by atoms with Gasteiger partial charge >= 0.3 is 0 Å². The molecule has 0 saturated carbocycles. The van der Waals surface area contributed by atoms with Gasteiger partial charge in [0.2, 0.25) is 5.91 Å². The number of carbonyl (C=O) groups excluding carboxylic acids is 1. The van der Waals surface area contributed by atoms with Crippen molar-refractivity contribution in [3.8, 4) is 0 Å². The molecular weight excluding hydrogens is 396 g/mol. The molecule has 0 saturated heterocycles. The highest BCUT2D eigenvalue weighted by Crippen LogP contribution is 2.42. The van der Waals surface area contributed by atoms with Crippen molar-refractivity contribution in [2.24, 2.45) is 5.92 Å². The summed E-state index contributed by atoms with van der Waals surface area (Å²) in [5, 5.41) is 0.498. The van der Waals surface area contributed by atoms with Crippen LogP contribution in [0.3, 0.4) is 0 Å². The van der Waals surface area contributed by atoms with Gasteiger partial charge in [-0.05, 0) is 48.4 Å². The zero-order chi connectivity index (χ0) is 20.9. The molecule has 2 aromatic rings. The van der Waals surface area contributed by atoms with E-state index >= 15 is 0 Å². The Labute approximate surface area is 171 Å². The molecule has 0 fully saturated rings. The van der Waals surface area contributed by atoms with E-state index in [1.165, 1.54) is 0 Å². The minimum Gasteiger partial charge on any atom is -0.311 e. The van der Waals surface area contributed by atoms with Crippen LogP contribution in [0.15, 0.2) is 41.3 Å². The number of nitrogens with one attached hydrogen (secondary N) is 1. The van der Waals surface area contributed by atoms with Crippen molar-refractivity contribution in [1.29, 1.82) is 0 Å².